The van der Waals surface area contributed by atoms with Crippen LogP contribution in [0, 0.1) is 5.92 Å². The van der Waals surface area contributed by atoms with Gasteiger partial charge < -0.3 is 9.73 Å². The molecule has 28 heavy (non-hydrogen) atoms. The third-order valence-corrected chi connectivity index (χ3v) is 8.42. The number of fused-ring (bicyclic) bond motifs is 1. The molecule has 4 rings (SSSR count). The summed E-state index contributed by atoms with van der Waals surface area (Å²) in [6.07, 6.45) is 1.03. The van der Waals surface area contributed by atoms with Crippen LogP contribution in [0.4, 0.5) is 0 Å². The summed E-state index contributed by atoms with van der Waals surface area (Å²) < 4.78 is 32.8. The fourth-order valence-electron chi connectivity index (χ4n) is 3.51. The number of carbonyl (C=O) groups excluding carboxylic acids is 1. The first-order valence-corrected chi connectivity index (χ1v) is 11.6. The molecule has 1 N–H and O–H groups in total. The highest BCUT2D eigenvalue weighted by molar-refractivity contribution is 7.91. The number of nitrogens with one attached hydrogen (secondary N) is 1. The summed E-state index contributed by atoms with van der Waals surface area (Å²) in [5, 5.41) is 5.77. The maximum Gasteiger partial charge on any atom is 0.252 e. The lowest BCUT2D eigenvalue weighted by Crippen LogP contribution is -2.43. The van der Waals surface area contributed by atoms with Crippen molar-refractivity contribution in [2.24, 2.45) is 5.92 Å². The maximum atomic E-state index is 12.7. The summed E-state index contributed by atoms with van der Waals surface area (Å²) in [6, 6.07) is 12.8. The van der Waals surface area contributed by atoms with E-state index in [-0.39, 0.29) is 17.9 Å². The fourth-order valence-corrected chi connectivity index (χ4v) is 6.13. The van der Waals surface area contributed by atoms with Crippen LogP contribution >= 0.6 is 11.3 Å². The Balaban J connectivity index is 1.36. The molecule has 1 aliphatic heterocycles. The molecule has 0 radical (unpaired) electrons. The lowest BCUT2D eigenvalue weighted by Gasteiger charge is -2.30. The minimum absolute atomic E-state index is 0.0545. The van der Waals surface area contributed by atoms with Crippen molar-refractivity contribution in [3.8, 4) is 0 Å². The van der Waals surface area contributed by atoms with Gasteiger partial charge >= 0.3 is 0 Å². The first-order valence-electron chi connectivity index (χ1n) is 9.27. The summed E-state index contributed by atoms with van der Waals surface area (Å²) in [4.78, 5) is 12.7. The number of para-hydroxylation sites is 1. The van der Waals surface area contributed by atoms with E-state index in [9.17, 15) is 13.2 Å². The van der Waals surface area contributed by atoms with E-state index >= 15 is 0 Å². The van der Waals surface area contributed by atoms with Crippen LogP contribution in [0.25, 0.3) is 11.0 Å². The molecule has 1 saturated heterocycles. The van der Waals surface area contributed by atoms with Crippen LogP contribution in [0.5, 0.6) is 0 Å². The zero-order valence-corrected chi connectivity index (χ0v) is 17.1. The van der Waals surface area contributed by atoms with Crippen molar-refractivity contribution >= 4 is 38.2 Å². The van der Waals surface area contributed by atoms with Crippen molar-refractivity contribution in [3.63, 3.8) is 0 Å². The average molecular weight is 419 g/mol. The number of thiophene rings is 1. The van der Waals surface area contributed by atoms with E-state index in [1.807, 2.05) is 37.3 Å². The molecule has 0 spiro atoms. The van der Waals surface area contributed by atoms with E-state index in [0.29, 0.717) is 35.9 Å². The maximum absolute atomic E-state index is 12.7. The molecule has 3 aromatic rings. The number of hydrogen-bond acceptors (Lipinski definition) is 5. The average Bonchev–Trinajstić information content (AvgIpc) is 3.38. The molecule has 0 bridgehead atoms. The summed E-state index contributed by atoms with van der Waals surface area (Å²) in [5.74, 6) is 0.468. The molecule has 148 valence electrons. The van der Waals surface area contributed by atoms with Crippen LogP contribution in [0.1, 0.15) is 31.6 Å². The van der Waals surface area contributed by atoms with Gasteiger partial charge in [-0.25, -0.2) is 8.42 Å². The van der Waals surface area contributed by atoms with Gasteiger partial charge in [0.25, 0.3) is 10.0 Å². The molecule has 1 fully saturated rings. The van der Waals surface area contributed by atoms with Crippen LogP contribution in [-0.2, 0) is 14.8 Å². The highest BCUT2D eigenvalue weighted by Gasteiger charge is 2.33. The highest BCUT2D eigenvalue weighted by atomic mass is 32.2. The number of carbonyl (C=O) groups is 1. The molecule has 0 aliphatic carbocycles. The van der Waals surface area contributed by atoms with Crippen LogP contribution < -0.4 is 5.32 Å². The highest BCUT2D eigenvalue weighted by Crippen LogP contribution is 2.28. The summed E-state index contributed by atoms with van der Waals surface area (Å²) in [6.45, 7) is 2.61. The van der Waals surface area contributed by atoms with Gasteiger partial charge in [0, 0.05) is 24.4 Å². The van der Waals surface area contributed by atoms with Gasteiger partial charge in [0.15, 0.2) is 0 Å². The van der Waals surface area contributed by atoms with Gasteiger partial charge in [0.1, 0.15) is 15.6 Å². The Kier molecular flexibility index (Phi) is 5.27. The molecule has 8 heteroatoms. The predicted molar refractivity (Wildman–Crippen MR) is 109 cm³/mol. The van der Waals surface area contributed by atoms with E-state index in [2.05, 4.69) is 5.32 Å². The quantitative estimate of drug-likeness (QED) is 0.684. The predicted octanol–water partition coefficient (Wildman–Crippen LogP) is 3.77. The Bertz CT molecular complexity index is 1030. The van der Waals surface area contributed by atoms with E-state index in [4.69, 9.17) is 4.42 Å². The van der Waals surface area contributed by atoms with Crippen molar-refractivity contribution in [2.45, 2.75) is 30.0 Å². The summed E-state index contributed by atoms with van der Waals surface area (Å²) in [7, 11) is -3.44. The molecule has 1 aliphatic rings. The topological polar surface area (TPSA) is 79.6 Å². The second-order valence-electron chi connectivity index (χ2n) is 7.03. The Morgan fingerprint density at radius 2 is 1.96 bits per heavy atom. The van der Waals surface area contributed by atoms with Gasteiger partial charge in [0.05, 0.1) is 6.04 Å². The fraction of sp³-hybridized carbons (Fsp3) is 0.350. The number of rotatable bonds is 5. The largest absolute Gasteiger partial charge is 0.459 e. The lowest BCUT2D eigenvalue weighted by atomic mass is 9.97. The van der Waals surface area contributed by atoms with Gasteiger partial charge in [-0.2, -0.15) is 4.31 Å². The molecule has 6 nitrogen and oxygen atoms in total. The van der Waals surface area contributed by atoms with E-state index in [1.165, 1.54) is 15.6 Å². The van der Waals surface area contributed by atoms with E-state index in [1.54, 1.807) is 17.5 Å². The van der Waals surface area contributed by atoms with Gasteiger partial charge in [-0.1, -0.05) is 24.3 Å². The van der Waals surface area contributed by atoms with Crippen LogP contribution in [0.2, 0.25) is 0 Å². The van der Waals surface area contributed by atoms with E-state index < -0.39 is 10.0 Å². The molecular weight excluding hydrogens is 396 g/mol. The second-order valence-corrected chi connectivity index (χ2v) is 10.1. The number of sulfonamides is 1. The Hall–Kier alpha value is -2.16. The number of piperidine rings is 1. The van der Waals surface area contributed by atoms with Gasteiger partial charge in [-0.15, -0.1) is 11.3 Å². The van der Waals surface area contributed by atoms with Crippen molar-refractivity contribution in [3.05, 3.63) is 53.6 Å². The molecule has 1 amide bonds. The minimum atomic E-state index is -3.44. The molecule has 1 aromatic carbocycles. The van der Waals surface area contributed by atoms with Gasteiger partial charge in [0.2, 0.25) is 5.91 Å². The van der Waals surface area contributed by atoms with Crippen molar-refractivity contribution < 1.29 is 17.6 Å². The van der Waals surface area contributed by atoms with Gasteiger partial charge in [-0.05, 0) is 43.3 Å². The number of furan rings is 1. The minimum Gasteiger partial charge on any atom is -0.459 e. The zero-order chi connectivity index (χ0) is 19.7. The number of hydrogen-bond donors (Lipinski definition) is 1. The zero-order valence-electron chi connectivity index (χ0n) is 15.5. The first kappa shape index (κ1) is 19.2. The molecule has 1 atom stereocenters. The Morgan fingerprint density at radius 3 is 2.64 bits per heavy atom. The van der Waals surface area contributed by atoms with E-state index in [0.717, 1.165) is 11.0 Å². The number of nitrogens with zero attached hydrogens (tertiary/aromatic N) is 1. The number of benzene rings is 1. The molecule has 2 aromatic heterocycles. The van der Waals surface area contributed by atoms with Gasteiger partial charge in [-0.3, -0.25) is 4.79 Å². The molecular formula is C20H22N2O4S2. The Morgan fingerprint density at radius 1 is 1.21 bits per heavy atom. The first-order chi connectivity index (χ1) is 13.4. The monoisotopic (exact) mass is 418 g/mol. The lowest BCUT2D eigenvalue weighted by molar-refractivity contribution is -0.126. The smallest absolute Gasteiger partial charge is 0.252 e. The normalized spacial score (nSPS) is 17.6. The van der Waals surface area contributed by atoms with Crippen molar-refractivity contribution in [1.82, 2.24) is 9.62 Å². The molecule has 3 heterocycles. The van der Waals surface area contributed by atoms with Crippen molar-refractivity contribution in [2.75, 3.05) is 13.1 Å². The molecule has 1 unspecified atom stereocenters. The molecule has 0 saturated carbocycles. The van der Waals surface area contributed by atoms with Crippen LogP contribution in [0.15, 0.2) is 56.5 Å². The van der Waals surface area contributed by atoms with Crippen LogP contribution in [-0.4, -0.2) is 31.7 Å². The van der Waals surface area contributed by atoms with Crippen molar-refractivity contribution in [1.29, 1.82) is 0 Å². The Labute approximate surface area is 168 Å². The SMILES string of the molecule is CC(NC(=O)C1CCN(S(=O)(=O)c2cccs2)CC1)c1cc2ccccc2o1. The van der Waals surface area contributed by atoms with Crippen LogP contribution in [0.3, 0.4) is 0 Å². The third kappa shape index (κ3) is 3.72. The third-order valence-electron chi connectivity index (χ3n) is 5.14. The number of amides is 1. The summed E-state index contributed by atoms with van der Waals surface area (Å²) in [5.41, 5.74) is 0.797. The second kappa shape index (κ2) is 7.69. The standard InChI is InChI=1S/C20H22N2O4S2/c1-14(18-13-16-5-2-3-6-17(16)26-18)21-20(23)15-8-10-22(11-9-15)28(24,25)19-7-4-12-27-19/h2-7,12-15H,8-11H2,1H3,(H,21,23). The summed E-state index contributed by atoms with van der Waals surface area (Å²) >= 11 is 1.22.